The molecule has 2 N–H and O–H groups in total. The first-order valence-corrected chi connectivity index (χ1v) is 9.96. The van der Waals surface area contributed by atoms with Gasteiger partial charge in [0.15, 0.2) is 5.96 Å². The number of amides is 1. The van der Waals surface area contributed by atoms with Crippen molar-refractivity contribution >= 4 is 11.9 Å². The Morgan fingerprint density at radius 1 is 1.43 bits per heavy atom. The van der Waals surface area contributed by atoms with E-state index in [0.29, 0.717) is 25.7 Å². The Morgan fingerprint density at radius 2 is 2.32 bits per heavy atom. The van der Waals surface area contributed by atoms with Crippen LogP contribution in [0.15, 0.2) is 29.4 Å². The molecular weight excluding hydrogens is 358 g/mol. The lowest BCUT2D eigenvalue weighted by Crippen LogP contribution is -2.44. The average molecular weight is 392 g/mol. The van der Waals surface area contributed by atoms with Crippen molar-refractivity contribution in [3.05, 3.63) is 30.1 Å². The van der Waals surface area contributed by atoms with Crippen LogP contribution in [0.1, 0.15) is 25.0 Å². The maximum atomic E-state index is 12.3. The van der Waals surface area contributed by atoms with Crippen LogP contribution in [0.4, 0.5) is 0 Å². The molecule has 1 aliphatic rings. The molecule has 1 aliphatic heterocycles. The normalized spacial score (nSPS) is 16.8. The van der Waals surface area contributed by atoms with Gasteiger partial charge < -0.3 is 25.0 Å². The number of rotatable bonds is 11. The van der Waals surface area contributed by atoms with E-state index in [-0.39, 0.29) is 18.6 Å². The second-order valence-corrected chi connectivity index (χ2v) is 6.80. The molecule has 1 aromatic heterocycles. The first kappa shape index (κ1) is 22.1. The van der Waals surface area contributed by atoms with Crippen LogP contribution in [0.2, 0.25) is 0 Å². The molecule has 1 atom stereocenters. The molecule has 0 radical (unpaired) electrons. The Morgan fingerprint density at radius 3 is 3.04 bits per heavy atom. The number of hydrogen-bond acceptors (Lipinski definition) is 5. The highest BCUT2D eigenvalue weighted by Gasteiger charge is 2.15. The van der Waals surface area contributed by atoms with Crippen LogP contribution < -0.4 is 10.6 Å². The van der Waals surface area contributed by atoms with Crippen molar-refractivity contribution in [2.24, 2.45) is 4.99 Å². The monoisotopic (exact) mass is 391 g/mol. The third-order valence-electron chi connectivity index (χ3n) is 4.57. The van der Waals surface area contributed by atoms with Crippen molar-refractivity contribution in [3.8, 4) is 0 Å². The number of carbonyl (C=O) groups excluding carboxylic acids is 1. The van der Waals surface area contributed by atoms with E-state index in [1.807, 2.05) is 18.2 Å². The minimum Gasteiger partial charge on any atom is -0.379 e. The van der Waals surface area contributed by atoms with Crippen molar-refractivity contribution in [2.75, 3.05) is 53.6 Å². The van der Waals surface area contributed by atoms with Gasteiger partial charge in [0, 0.05) is 58.7 Å². The van der Waals surface area contributed by atoms with Gasteiger partial charge in [0.2, 0.25) is 5.91 Å². The molecule has 0 saturated carbocycles. The van der Waals surface area contributed by atoms with Gasteiger partial charge in [-0.15, -0.1) is 0 Å². The van der Waals surface area contributed by atoms with E-state index in [1.165, 1.54) is 0 Å². The number of likely N-dealkylation sites (N-methyl/N-ethyl adjacent to an activating group) is 1. The lowest BCUT2D eigenvalue weighted by molar-refractivity contribution is -0.128. The Balaban J connectivity index is 1.53. The van der Waals surface area contributed by atoms with Crippen molar-refractivity contribution < 1.29 is 14.3 Å². The van der Waals surface area contributed by atoms with Crippen molar-refractivity contribution in [1.82, 2.24) is 20.5 Å². The standard InChI is InChI=1S/C20H33N5O3/c1-21-20(23-11-6-13-27-16-18-8-5-14-28-18)24-15-19(26)25(2)12-9-17-7-3-4-10-22-17/h3-4,7,10,18H,5-6,8-9,11-16H2,1-2H3,(H2,21,23,24). The van der Waals surface area contributed by atoms with E-state index in [4.69, 9.17) is 9.47 Å². The third kappa shape index (κ3) is 8.67. The molecule has 0 spiro atoms. The van der Waals surface area contributed by atoms with Crippen LogP contribution in [0.3, 0.4) is 0 Å². The fourth-order valence-corrected chi connectivity index (χ4v) is 2.84. The summed E-state index contributed by atoms with van der Waals surface area (Å²) in [6, 6.07) is 5.80. The molecule has 1 aromatic rings. The van der Waals surface area contributed by atoms with E-state index in [9.17, 15) is 4.79 Å². The highest BCUT2D eigenvalue weighted by atomic mass is 16.5. The molecule has 2 heterocycles. The van der Waals surface area contributed by atoms with Gasteiger partial charge in [0.05, 0.1) is 19.3 Å². The zero-order chi connectivity index (χ0) is 20.0. The summed E-state index contributed by atoms with van der Waals surface area (Å²) in [5.74, 6) is 0.629. The topological polar surface area (TPSA) is 88.1 Å². The molecule has 2 rings (SSSR count). The van der Waals surface area contributed by atoms with Crippen molar-refractivity contribution in [1.29, 1.82) is 0 Å². The van der Waals surface area contributed by atoms with Gasteiger partial charge in [0.1, 0.15) is 0 Å². The summed E-state index contributed by atoms with van der Waals surface area (Å²) in [7, 11) is 3.49. The SMILES string of the molecule is CN=C(NCCCOCC1CCCO1)NCC(=O)N(C)CCc1ccccn1. The smallest absolute Gasteiger partial charge is 0.241 e. The van der Waals surface area contributed by atoms with E-state index in [0.717, 1.165) is 44.5 Å². The fraction of sp³-hybridized carbons (Fsp3) is 0.650. The number of carbonyl (C=O) groups is 1. The quantitative estimate of drug-likeness (QED) is 0.330. The number of guanidine groups is 1. The molecule has 0 bridgehead atoms. The fourth-order valence-electron chi connectivity index (χ4n) is 2.84. The third-order valence-corrected chi connectivity index (χ3v) is 4.57. The van der Waals surface area contributed by atoms with Gasteiger partial charge in [-0.05, 0) is 31.4 Å². The van der Waals surface area contributed by atoms with Gasteiger partial charge in [0.25, 0.3) is 0 Å². The van der Waals surface area contributed by atoms with E-state index in [1.54, 1.807) is 25.2 Å². The zero-order valence-corrected chi connectivity index (χ0v) is 17.0. The van der Waals surface area contributed by atoms with Crippen LogP contribution in [0.5, 0.6) is 0 Å². The molecule has 0 aromatic carbocycles. The number of ether oxygens (including phenoxy) is 2. The Labute approximate surface area is 167 Å². The summed E-state index contributed by atoms with van der Waals surface area (Å²) >= 11 is 0. The maximum absolute atomic E-state index is 12.3. The van der Waals surface area contributed by atoms with Crippen molar-refractivity contribution in [2.45, 2.75) is 31.8 Å². The Hall–Kier alpha value is -2.19. The molecule has 1 fully saturated rings. The molecule has 1 amide bonds. The Bertz CT molecular complexity index is 591. The molecule has 1 unspecified atom stereocenters. The molecule has 156 valence electrons. The largest absolute Gasteiger partial charge is 0.379 e. The van der Waals surface area contributed by atoms with Gasteiger partial charge in [-0.25, -0.2) is 0 Å². The Kier molecular flexibility index (Phi) is 10.3. The zero-order valence-electron chi connectivity index (χ0n) is 17.0. The average Bonchev–Trinajstić information content (AvgIpc) is 3.25. The summed E-state index contributed by atoms with van der Waals surface area (Å²) in [6.07, 6.45) is 5.87. The summed E-state index contributed by atoms with van der Waals surface area (Å²) in [5.41, 5.74) is 0.981. The first-order valence-electron chi connectivity index (χ1n) is 9.96. The summed E-state index contributed by atoms with van der Waals surface area (Å²) < 4.78 is 11.2. The lowest BCUT2D eigenvalue weighted by atomic mass is 10.2. The minimum absolute atomic E-state index is 0.0128. The van der Waals surface area contributed by atoms with Crippen LogP contribution in [0.25, 0.3) is 0 Å². The summed E-state index contributed by atoms with van der Waals surface area (Å²) in [5, 5.41) is 6.25. The minimum atomic E-state index is 0.0128. The van der Waals surface area contributed by atoms with E-state index >= 15 is 0 Å². The van der Waals surface area contributed by atoms with Gasteiger partial charge in [-0.3, -0.25) is 14.8 Å². The second kappa shape index (κ2) is 13.1. The van der Waals surface area contributed by atoms with Gasteiger partial charge in [-0.2, -0.15) is 0 Å². The van der Waals surface area contributed by atoms with Gasteiger partial charge in [-0.1, -0.05) is 6.07 Å². The van der Waals surface area contributed by atoms with Crippen LogP contribution in [0, 0.1) is 0 Å². The highest BCUT2D eigenvalue weighted by molar-refractivity contribution is 5.86. The van der Waals surface area contributed by atoms with Gasteiger partial charge >= 0.3 is 0 Å². The lowest BCUT2D eigenvalue weighted by Gasteiger charge is -2.18. The molecule has 8 heteroatoms. The number of nitrogens with zero attached hydrogens (tertiary/aromatic N) is 3. The number of nitrogens with one attached hydrogen (secondary N) is 2. The van der Waals surface area contributed by atoms with Crippen LogP contribution in [-0.4, -0.2) is 81.4 Å². The van der Waals surface area contributed by atoms with E-state index < -0.39 is 0 Å². The van der Waals surface area contributed by atoms with Crippen LogP contribution >= 0.6 is 0 Å². The maximum Gasteiger partial charge on any atom is 0.241 e. The first-order chi connectivity index (χ1) is 13.7. The molecule has 8 nitrogen and oxygen atoms in total. The number of hydrogen-bond donors (Lipinski definition) is 2. The predicted octanol–water partition coefficient (Wildman–Crippen LogP) is 0.833. The highest BCUT2D eigenvalue weighted by Crippen LogP contribution is 2.11. The number of pyridine rings is 1. The molecular formula is C20H33N5O3. The number of aromatic nitrogens is 1. The van der Waals surface area contributed by atoms with E-state index in [2.05, 4.69) is 20.6 Å². The molecule has 0 aliphatic carbocycles. The molecule has 1 saturated heterocycles. The summed E-state index contributed by atoms with van der Waals surface area (Å²) in [6.45, 7) is 3.77. The summed E-state index contributed by atoms with van der Waals surface area (Å²) in [4.78, 5) is 22.4. The second-order valence-electron chi connectivity index (χ2n) is 6.80. The van der Waals surface area contributed by atoms with Crippen molar-refractivity contribution in [3.63, 3.8) is 0 Å². The van der Waals surface area contributed by atoms with Crippen LogP contribution in [-0.2, 0) is 20.7 Å². The molecule has 28 heavy (non-hydrogen) atoms. The number of aliphatic imine (C=N–C) groups is 1. The predicted molar refractivity (Wildman–Crippen MR) is 109 cm³/mol.